The van der Waals surface area contributed by atoms with E-state index in [4.69, 9.17) is 0 Å². The molecule has 5 nitrogen and oxygen atoms in total. The van der Waals surface area contributed by atoms with Crippen molar-refractivity contribution in [2.45, 2.75) is 17.4 Å². The van der Waals surface area contributed by atoms with Gasteiger partial charge in [0.1, 0.15) is 0 Å². The molecule has 4 aromatic rings. The quantitative estimate of drug-likeness (QED) is 0.577. The Morgan fingerprint density at radius 2 is 2.17 bits per heavy atom. The Kier molecular flexibility index (Phi) is 3.76. The number of fused-ring (bicyclic) bond motifs is 2. The van der Waals surface area contributed by atoms with Crippen LogP contribution in [0.25, 0.3) is 15.9 Å². The van der Waals surface area contributed by atoms with Crippen molar-refractivity contribution in [1.82, 2.24) is 19.6 Å². The minimum Gasteiger partial charge on any atom is -0.390 e. The summed E-state index contributed by atoms with van der Waals surface area (Å²) in [5.74, 6) is 0. The van der Waals surface area contributed by atoms with Crippen molar-refractivity contribution in [2.75, 3.05) is 6.26 Å². The zero-order valence-corrected chi connectivity index (χ0v) is 14.1. The molecule has 0 aliphatic rings. The molecular formula is C16H14N4OS2. The molecule has 0 aliphatic carbocycles. The van der Waals surface area contributed by atoms with Crippen molar-refractivity contribution in [3.8, 4) is 0 Å². The standard InChI is InChI=1S/C16H14N4OS2/c1-22-16-18-13-4-2-10(7-14(13)23-16)6-12-8-17-15-5-3-11(9-21)19-20(12)15/h2-5,7-8,21H,6,9H2,1H3. The second kappa shape index (κ2) is 5.92. The lowest BCUT2D eigenvalue weighted by molar-refractivity contribution is 0.275. The smallest absolute Gasteiger partial charge is 0.153 e. The maximum atomic E-state index is 9.26. The Morgan fingerprint density at radius 1 is 1.26 bits per heavy atom. The van der Waals surface area contributed by atoms with E-state index in [1.165, 1.54) is 10.3 Å². The Bertz CT molecular complexity index is 992. The average molecular weight is 342 g/mol. The van der Waals surface area contributed by atoms with Crippen molar-refractivity contribution in [1.29, 1.82) is 0 Å². The first-order valence-corrected chi connectivity index (χ1v) is 9.18. The number of aliphatic hydroxyl groups excluding tert-OH is 1. The summed E-state index contributed by atoms with van der Waals surface area (Å²) in [6, 6.07) is 10.0. The minimum atomic E-state index is -0.0716. The largest absolute Gasteiger partial charge is 0.390 e. The molecule has 0 saturated heterocycles. The van der Waals surface area contributed by atoms with Crippen molar-refractivity contribution in [2.24, 2.45) is 0 Å². The molecular weight excluding hydrogens is 328 g/mol. The van der Waals surface area contributed by atoms with E-state index in [9.17, 15) is 5.11 Å². The summed E-state index contributed by atoms with van der Waals surface area (Å²) >= 11 is 3.39. The number of rotatable bonds is 4. The predicted octanol–water partition coefficient (Wildman–Crippen LogP) is 3.14. The van der Waals surface area contributed by atoms with Crippen LogP contribution in [0.3, 0.4) is 0 Å². The summed E-state index contributed by atoms with van der Waals surface area (Å²) < 4.78 is 4.08. The van der Waals surface area contributed by atoms with E-state index < -0.39 is 0 Å². The fourth-order valence-corrected chi connectivity index (χ4v) is 4.07. The van der Waals surface area contributed by atoms with Crippen LogP contribution in [0.2, 0.25) is 0 Å². The minimum absolute atomic E-state index is 0.0716. The molecule has 1 aromatic carbocycles. The lowest BCUT2D eigenvalue weighted by Crippen LogP contribution is -2.02. The number of nitrogens with zero attached hydrogens (tertiary/aromatic N) is 4. The number of hydrogen-bond acceptors (Lipinski definition) is 6. The normalized spacial score (nSPS) is 11.6. The highest BCUT2D eigenvalue weighted by Gasteiger charge is 2.09. The molecule has 0 spiro atoms. The van der Waals surface area contributed by atoms with Gasteiger partial charge in [0.05, 0.1) is 34.4 Å². The highest BCUT2D eigenvalue weighted by molar-refractivity contribution is 8.00. The molecule has 7 heteroatoms. The van der Waals surface area contributed by atoms with E-state index in [-0.39, 0.29) is 6.61 Å². The number of benzene rings is 1. The number of thiazole rings is 1. The number of hydrogen-bond donors (Lipinski definition) is 1. The summed E-state index contributed by atoms with van der Waals surface area (Å²) in [6.07, 6.45) is 4.63. The third-order valence-corrected chi connectivity index (χ3v) is 5.65. The van der Waals surface area contributed by atoms with Gasteiger partial charge in [0.2, 0.25) is 0 Å². The van der Waals surface area contributed by atoms with Crippen LogP contribution in [0.15, 0.2) is 40.9 Å². The SMILES string of the molecule is CSc1nc2ccc(Cc3cnc4ccc(CO)nn34)cc2s1. The van der Waals surface area contributed by atoms with Gasteiger partial charge >= 0.3 is 0 Å². The molecule has 0 bridgehead atoms. The Morgan fingerprint density at radius 3 is 3.00 bits per heavy atom. The summed E-state index contributed by atoms with van der Waals surface area (Å²) in [4.78, 5) is 8.94. The van der Waals surface area contributed by atoms with Gasteiger partial charge in [-0.2, -0.15) is 5.10 Å². The molecule has 0 atom stereocenters. The van der Waals surface area contributed by atoms with Gasteiger partial charge < -0.3 is 5.11 Å². The maximum absolute atomic E-state index is 9.26. The van der Waals surface area contributed by atoms with E-state index in [2.05, 4.69) is 33.3 Å². The van der Waals surface area contributed by atoms with Crippen LogP contribution in [0.4, 0.5) is 0 Å². The number of thioether (sulfide) groups is 1. The zero-order chi connectivity index (χ0) is 15.8. The van der Waals surface area contributed by atoms with Gasteiger partial charge in [-0.3, -0.25) is 0 Å². The second-order valence-corrected chi connectivity index (χ2v) is 7.25. The Hall–Kier alpha value is -1.96. The summed E-state index contributed by atoms with van der Waals surface area (Å²) in [5.41, 5.74) is 4.68. The maximum Gasteiger partial charge on any atom is 0.153 e. The van der Waals surface area contributed by atoms with Crippen LogP contribution in [0.5, 0.6) is 0 Å². The topological polar surface area (TPSA) is 63.3 Å². The first kappa shape index (κ1) is 14.6. The Labute approximate surface area is 141 Å². The molecule has 1 N–H and O–H groups in total. The second-order valence-electron chi connectivity index (χ2n) is 5.17. The van der Waals surface area contributed by atoms with Crippen molar-refractivity contribution >= 4 is 39.0 Å². The number of aliphatic hydroxyl groups is 1. The van der Waals surface area contributed by atoms with Gasteiger partial charge in [0.25, 0.3) is 0 Å². The van der Waals surface area contributed by atoms with Gasteiger partial charge in [-0.25, -0.2) is 14.5 Å². The molecule has 0 aliphatic heterocycles. The summed E-state index contributed by atoms with van der Waals surface area (Å²) in [7, 11) is 0. The van der Waals surface area contributed by atoms with Crippen molar-refractivity contribution < 1.29 is 5.11 Å². The van der Waals surface area contributed by atoms with Crippen LogP contribution >= 0.6 is 23.1 Å². The van der Waals surface area contributed by atoms with E-state index >= 15 is 0 Å². The predicted molar refractivity (Wildman–Crippen MR) is 93.1 cm³/mol. The lowest BCUT2D eigenvalue weighted by Gasteiger charge is -2.03. The molecule has 3 aromatic heterocycles. The summed E-state index contributed by atoms with van der Waals surface area (Å²) in [6.45, 7) is -0.0716. The van der Waals surface area contributed by atoms with Crippen molar-refractivity contribution in [3.63, 3.8) is 0 Å². The van der Waals surface area contributed by atoms with Crippen LogP contribution < -0.4 is 0 Å². The highest BCUT2D eigenvalue weighted by Crippen LogP contribution is 2.29. The lowest BCUT2D eigenvalue weighted by atomic mass is 10.1. The van der Waals surface area contributed by atoms with Crippen LogP contribution in [-0.4, -0.2) is 30.9 Å². The van der Waals surface area contributed by atoms with E-state index in [1.54, 1.807) is 33.7 Å². The van der Waals surface area contributed by atoms with E-state index in [0.29, 0.717) is 5.69 Å². The fraction of sp³-hybridized carbons (Fsp3) is 0.188. The fourth-order valence-electron chi connectivity index (χ4n) is 2.52. The third kappa shape index (κ3) is 2.71. The van der Waals surface area contributed by atoms with Gasteiger partial charge in [-0.05, 0) is 36.1 Å². The molecule has 0 unspecified atom stereocenters. The van der Waals surface area contributed by atoms with Crippen LogP contribution in [0, 0.1) is 0 Å². The first-order chi connectivity index (χ1) is 11.3. The van der Waals surface area contributed by atoms with Gasteiger partial charge in [0.15, 0.2) is 9.99 Å². The highest BCUT2D eigenvalue weighted by atomic mass is 32.2. The average Bonchev–Trinajstić information content (AvgIpc) is 3.18. The monoisotopic (exact) mass is 342 g/mol. The number of imidazole rings is 1. The Balaban J connectivity index is 1.72. The first-order valence-electron chi connectivity index (χ1n) is 7.13. The third-order valence-electron chi connectivity index (χ3n) is 3.64. The molecule has 0 amide bonds. The zero-order valence-electron chi connectivity index (χ0n) is 12.4. The van der Waals surface area contributed by atoms with Gasteiger partial charge in [-0.15, -0.1) is 11.3 Å². The van der Waals surface area contributed by atoms with Gasteiger partial charge in [0, 0.05) is 6.42 Å². The molecule has 0 fully saturated rings. The van der Waals surface area contributed by atoms with Crippen LogP contribution in [0.1, 0.15) is 17.0 Å². The molecule has 0 saturated carbocycles. The summed E-state index contributed by atoms with van der Waals surface area (Å²) in [5, 5.41) is 13.7. The molecule has 116 valence electrons. The molecule has 3 heterocycles. The van der Waals surface area contributed by atoms with Crippen LogP contribution in [-0.2, 0) is 13.0 Å². The number of aromatic nitrogens is 4. The van der Waals surface area contributed by atoms with Crippen molar-refractivity contribution in [3.05, 3.63) is 53.5 Å². The van der Waals surface area contributed by atoms with E-state index in [0.717, 1.165) is 27.6 Å². The molecule has 0 radical (unpaired) electrons. The molecule has 23 heavy (non-hydrogen) atoms. The molecule has 4 rings (SSSR count). The van der Waals surface area contributed by atoms with E-state index in [1.807, 2.05) is 18.5 Å². The van der Waals surface area contributed by atoms with Gasteiger partial charge in [-0.1, -0.05) is 17.8 Å².